The Morgan fingerprint density at radius 3 is 3.00 bits per heavy atom. The summed E-state index contributed by atoms with van der Waals surface area (Å²) in [6, 6.07) is 1.80. The molecule has 0 unspecified atom stereocenters. The number of aromatic nitrogens is 7. The van der Waals surface area contributed by atoms with Crippen molar-refractivity contribution in [2.24, 2.45) is 0 Å². The van der Waals surface area contributed by atoms with Gasteiger partial charge in [0.05, 0.1) is 18.0 Å². The van der Waals surface area contributed by atoms with Gasteiger partial charge in [-0.25, -0.2) is 9.97 Å². The Kier molecular flexibility index (Phi) is 3.30. The number of fused-ring (bicyclic) bond motifs is 1. The van der Waals surface area contributed by atoms with Gasteiger partial charge in [0.1, 0.15) is 17.8 Å². The van der Waals surface area contributed by atoms with Crippen molar-refractivity contribution in [1.82, 2.24) is 34.8 Å². The van der Waals surface area contributed by atoms with E-state index in [0.29, 0.717) is 36.0 Å². The van der Waals surface area contributed by atoms with E-state index in [2.05, 4.69) is 30.2 Å². The van der Waals surface area contributed by atoms with Gasteiger partial charge < -0.3 is 4.74 Å². The van der Waals surface area contributed by atoms with Gasteiger partial charge in [-0.1, -0.05) is 0 Å². The van der Waals surface area contributed by atoms with Crippen molar-refractivity contribution < 1.29 is 4.74 Å². The SMILES string of the molecule is COCCc1nccc(-c2nnc3ncnn3c2C)n1. The number of hydrogen-bond donors (Lipinski definition) is 0. The van der Waals surface area contributed by atoms with Crippen LogP contribution in [0, 0.1) is 6.92 Å². The van der Waals surface area contributed by atoms with Gasteiger partial charge in [-0.15, -0.1) is 10.2 Å². The van der Waals surface area contributed by atoms with Gasteiger partial charge in [-0.2, -0.15) is 14.6 Å². The number of hydrogen-bond acceptors (Lipinski definition) is 7. The fourth-order valence-electron chi connectivity index (χ4n) is 1.89. The van der Waals surface area contributed by atoms with E-state index in [1.807, 2.05) is 6.92 Å². The Labute approximate surface area is 114 Å². The molecule has 0 atom stereocenters. The van der Waals surface area contributed by atoms with E-state index >= 15 is 0 Å². The van der Waals surface area contributed by atoms with Gasteiger partial charge >= 0.3 is 0 Å². The minimum Gasteiger partial charge on any atom is -0.384 e. The molecule has 0 aliphatic carbocycles. The number of methoxy groups -OCH3 is 1. The van der Waals surface area contributed by atoms with Crippen molar-refractivity contribution in [3.63, 3.8) is 0 Å². The summed E-state index contributed by atoms with van der Waals surface area (Å²) in [5, 5.41) is 12.3. The highest BCUT2D eigenvalue weighted by atomic mass is 16.5. The summed E-state index contributed by atoms with van der Waals surface area (Å²) in [5.74, 6) is 1.18. The van der Waals surface area contributed by atoms with Crippen molar-refractivity contribution in [3.8, 4) is 11.4 Å². The molecule has 20 heavy (non-hydrogen) atoms. The van der Waals surface area contributed by atoms with Crippen LogP contribution < -0.4 is 0 Å². The molecule has 8 heteroatoms. The fraction of sp³-hybridized carbons (Fsp3) is 0.333. The van der Waals surface area contributed by atoms with Crippen molar-refractivity contribution >= 4 is 5.78 Å². The molecule has 0 N–H and O–H groups in total. The van der Waals surface area contributed by atoms with Crippen LogP contribution in [0.5, 0.6) is 0 Å². The van der Waals surface area contributed by atoms with Gasteiger partial charge in [0.2, 0.25) is 0 Å². The van der Waals surface area contributed by atoms with Crippen LogP contribution in [0.1, 0.15) is 11.5 Å². The number of ether oxygens (including phenoxy) is 1. The Hall–Kier alpha value is -2.48. The first-order chi connectivity index (χ1) is 9.79. The van der Waals surface area contributed by atoms with Crippen LogP contribution in [0.2, 0.25) is 0 Å². The van der Waals surface area contributed by atoms with E-state index in [1.54, 1.807) is 23.9 Å². The first-order valence-electron chi connectivity index (χ1n) is 6.14. The largest absolute Gasteiger partial charge is 0.384 e. The number of rotatable bonds is 4. The van der Waals surface area contributed by atoms with Gasteiger partial charge in [-0.05, 0) is 13.0 Å². The molecule has 0 saturated carbocycles. The zero-order valence-corrected chi connectivity index (χ0v) is 11.2. The molecule has 3 aromatic rings. The van der Waals surface area contributed by atoms with E-state index in [4.69, 9.17) is 4.74 Å². The number of aryl methyl sites for hydroxylation is 1. The summed E-state index contributed by atoms with van der Waals surface area (Å²) in [6.45, 7) is 2.48. The molecule has 3 rings (SSSR count). The highest BCUT2D eigenvalue weighted by Crippen LogP contribution is 2.17. The minimum absolute atomic E-state index is 0.472. The van der Waals surface area contributed by atoms with E-state index in [-0.39, 0.29) is 0 Å². The van der Waals surface area contributed by atoms with E-state index in [1.165, 1.54) is 6.33 Å². The highest BCUT2D eigenvalue weighted by molar-refractivity contribution is 5.56. The summed E-state index contributed by atoms with van der Waals surface area (Å²) in [7, 11) is 1.65. The Morgan fingerprint density at radius 1 is 1.25 bits per heavy atom. The van der Waals surface area contributed by atoms with E-state index in [9.17, 15) is 0 Å². The molecule has 0 radical (unpaired) electrons. The predicted molar refractivity (Wildman–Crippen MR) is 69.9 cm³/mol. The van der Waals surface area contributed by atoms with Crippen LogP contribution in [0.25, 0.3) is 17.2 Å². The Balaban J connectivity index is 2.03. The molecule has 0 fully saturated rings. The van der Waals surface area contributed by atoms with Gasteiger partial charge in [0, 0.05) is 19.7 Å². The fourth-order valence-corrected chi connectivity index (χ4v) is 1.89. The van der Waals surface area contributed by atoms with Crippen LogP contribution in [0.15, 0.2) is 18.6 Å². The average molecular weight is 271 g/mol. The van der Waals surface area contributed by atoms with E-state index in [0.717, 1.165) is 5.69 Å². The van der Waals surface area contributed by atoms with Crippen molar-refractivity contribution in [3.05, 3.63) is 30.1 Å². The zero-order chi connectivity index (χ0) is 13.9. The van der Waals surface area contributed by atoms with Crippen molar-refractivity contribution in [2.45, 2.75) is 13.3 Å². The maximum absolute atomic E-state index is 5.03. The lowest BCUT2D eigenvalue weighted by atomic mass is 10.2. The van der Waals surface area contributed by atoms with E-state index < -0.39 is 0 Å². The molecular formula is C12H13N7O. The monoisotopic (exact) mass is 271 g/mol. The molecule has 0 saturated heterocycles. The Bertz CT molecular complexity index is 740. The van der Waals surface area contributed by atoms with Crippen LogP contribution >= 0.6 is 0 Å². The van der Waals surface area contributed by atoms with Crippen LogP contribution in [-0.4, -0.2) is 48.5 Å². The van der Waals surface area contributed by atoms with Crippen LogP contribution in [-0.2, 0) is 11.2 Å². The summed E-state index contributed by atoms with van der Waals surface area (Å²) in [6.07, 6.45) is 3.81. The summed E-state index contributed by atoms with van der Waals surface area (Å²) >= 11 is 0. The predicted octanol–water partition coefficient (Wildman–Crippen LogP) is 0.474. The summed E-state index contributed by atoms with van der Waals surface area (Å²) in [5.41, 5.74) is 2.22. The van der Waals surface area contributed by atoms with Gasteiger partial charge in [0.25, 0.3) is 5.78 Å². The molecular weight excluding hydrogens is 258 g/mol. The van der Waals surface area contributed by atoms with Crippen LogP contribution in [0.4, 0.5) is 0 Å². The molecule has 0 aromatic carbocycles. The number of nitrogens with zero attached hydrogens (tertiary/aromatic N) is 7. The molecule has 0 bridgehead atoms. The van der Waals surface area contributed by atoms with Gasteiger partial charge in [-0.3, -0.25) is 0 Å². The second-order valence-corrected chi connectivity index (χ2v) is 4.21. The average Bonchev–Trinajstić information content (AvgIpc) is 2.95. The first kappa shape index (κ1) is 12.5. The lowest BCUT2D eigenvalue weighted by Crippen LogP contribution is -2.06. The van der Waals surface area contributed by atoms with Crippen molar-refractivity contribution in [1.29, 1.82) is 0 Å². The third-order valence-corrected chi connectivity index (χ3v) is 2.91. The second kappa shape index (κ2) is 5.25. The lowest BCUT2D eigenvalue weighted by molar-refractivity contribution is 0.200. The molecule has 3 aromatic heterocycles. The maximum Gasteiger partial charge on any atom is 0.271 e. The molecule has 0 aliphatic rings. The zero-order valence-electron chi connectivity index (χ0n) is 11.2. The molecule has 0 amide bonds. The van der Waals surface area contributed by atoms with Crippen LogP contribution in [0.3, 0.4) is 0 Å². The third kappa shape index (κ3) is 2.21. The molecule has 8 nitrogen and oxygen atoms in total. The Morgan fingerprint density at radius 2 is 2.15 bits per heavy atom. The van der Waals surface area contributed by atoms with Crippen molar-refractivity contribution in [2.75, 3.05) is 13.7 Å². The molecule has 3 heterocycles. The molecule has 102 valence electrons. The minimum atomic E-state index is 0.472. The lowest BCUT2D eigenvalue weighted by Gasteiger charge is -2.06. The summed E-state index contributed by atoms with van der Waals surface area (Å²) < 4.78 is 6.67. The summed E-state index contributed by atoms with van der Waals surface area (Å²) in [4.78, 5) is 12.7. The highest BCUT2D eigenvalue weighted by Gasteiger charge is 2.12. The standard InChI is InChI=1S/C12H13N7O/c1-8-11(17-18-12-14-7-15-19(8)12)9-3-5-13-10(16-9)4-6-20-2/h3,5,7H,4,6H2,1-2H3. The quantitative estimate of drug-likeness (QED) is 0.681. The second-order valence-electron chi connectivity index (χ2n) is 4.21. The normalized spacial score (nSPS) is 11.1. The smallest absolute Gasteiger partial charge is 0.271 e. The first-order valence-corrected chi connectivity index (χ1v) is 6.14. The topological polar surface area (TPSA) is 91.0 Å². The molecule has 0 spiro atoms. The van der Waals surface area contributed by atoms with Gasteiger partial charge in [0.15, 0.2) is 0 Å². The molecule has 0 aliphatic heterocycles. The maximum atomic E-state index is 5.03. The third-order valence-electron chi connectivity index (χ3n) is 2.91.